The lowest BCUT2D eigenvalue weighted by Crippen LogP contribution is -2.49. The van der Waals surface area contributed by atoms with Gasteiger partial charge in [0.05, 0.1) is 32.4 Å². The largest absolute Gasteiger partial charge is 0.493 e. The molecule has 1 aromatic carbocycles. The average Bonchev–Trinajstić information content (AvgIpc) is 2.49. The van der Waals surface area contributed by atoms with Gasteiger partial charge in [0.15, 0.2) is 11.5 Å². The van der Waals surface area contributed by atoms with Crippen LogP contribution in [0.2, 0.25) is 0 Å². The van der Waals surface area contributed by atoms with Crippen LogP contribution in [0.15, 0.2) is 12.1 Å². The molecule has 7 heteroatoms. The van der Waals surface area contributed by atoms with E-state index in [1.807, 2.05) is 6.92 Å². The van der Waals surface area contributed by atoms with Crippen molar-refractivity contribution in [3.05, 3.63) is 18.0 Å². The average molecular weight is 319 g/mol. The van der Waals surface area contributed by atoms with Gasteiger partial charge in [-0.15, -0.1) is 0 Å². The van der Waals surface area contributed by atoms with E-state index >= 15 is 0 Å². The third kappa shape index (κ3) is 3.30. The molecule has 0 bridgehead atoms. The van der Waals surface area contributed by atoms with Gasteiger partial charge in [0.25, 0.3) is 0 Å². The quantitative estimate of drug-likeness (QED) is 0.811. The van der Waals surface area contributed by atoms with Gasteiger partial charge in [-0.3, -0.25) is 0 Å². The number of hydrogen-bond acceptors (Lipinski definition) is 7. The van der Waals surface area contributed by atoms with Crippen LogP contribution in [-0.2, 0) is 9.47 Å². The first kappa shape index (κ1) is 15.8. The van der Waals surface area contributed by atoms with Crippen LogP contribution in [0.25, 0.3) is 10.9 Å². The Morgan fingerprint density at radius 2 is 2.00 bits per heavy atom. The number of nitrogens with zero attached hydrogens (tertiary/aromatic N) is 2. The summed E-state index contributed by atoms with van der Waals surface area (Å²) in [5.41, 5.74) is 6.51. The molecule has 1 fully saturated rings. The molecular formula is C16H21N3O4. The number of ether oxygens (including phenoxy) is 4. The summed E-state index contributed by atoms with van der Waals surface area (Å²) in [6.45, 7) is 5.95. The Balaban J connectivity index is 1.73. The third-order valence-electron chi connectivity index (χ3n) is 3.73. The molecule has 1 saturated heterocycles. The molecule has 0 amide bonds. The summed E-state index contributed by atoms with van der Waals surface area (Å²) < 4.78 is 22.1. The monoisotopic (exact) mass is 319 g/mol. The highest BCUT2D eigenvalue weighted by Gasteiger charge is 2.34. The maximum absolute atomic E-state index is 5.97. The highest BCUT2D eigenvalue weighted by atomic mass is 16.6. The van der Waals surface area contributed by atoms with Crippen LogP contribution in [-0.4, -0.2) is 49.1 Å². The number of benzene rings is 1. The molecule has 2 heterocycles. The van der Waals surface area contributed by atoms with Crippen LogP contribution >= 0.6 is 0 Å². The fourth-order valence-corrected chi connectivity index (χ4v) is 2.47. The molecule has 2 aromatic rings. The van der Waals surface area contributed by atoms with E-state index in [0.717, 1.165) is 10.9 Å². The normalized spacial score (nSPS) is 16.1. The van der Waals surface area contributed by atoms with Gasteiger partial charge in [-0.05, 0) is 19.9 Å². The zero-order chi connectivity index (χ0) is 16.4. The van der Waals surface area contributed by atoms with Crippen LogP contribution in [0, 0.1) is 6.92 Å². The minimum atomic E-state index is -0.188. The van der Waals surface area contributed by atoms with Crippen molar-refractivity contribution in [3.63, 3.8) is 0 Å². The SMILES string of the molecule is COc1cc2nc(C)nc(N)c2cc1OCCOC1(C)COC1. The van der Waals surface area contributed by atoms with Crippen molar-refractivity contribution in [3.8, 4) is 11.5 Å². The zero-order valence-corrected chi connectivity index (χ0v) is 13.6. The van der Waals surface area contributed by atoms with E-state index in [1.54, 1.807) is 26.2 Å². The van der Waals surface area contributed by atoms with E-state index in [-0.39, 0.29) is 5.60 Å². The number of nitrogen functional groups attached to an aromatic ring is 1. The summed E-state index contributed by atoms with van der Waals surface area (Å²) in [7, 11) is 1.59. The number of aryl methyl sites for hydroxylation is 1. The van der Waals surface area contributed by atoms with Crippen molar-refractivity contribution >= 4 is 16.7 Å². The van der Waals surface area contributed by atoms with Gasteiger partial charge in [-0.2, -0.15) is 0 Å². The minimum Gasteiger partial charge on any atom is -0.493 e. The standard InChI is InChI=1S/C16H21N3O4/c1-10-18-12-7-13(20-3)14(6-11(12)15(17)19-10)22-4-5-23-16(2)8-21-9-16/h6-7H,4-5,8-9H2,1-3H3,(H2,17,18,19). The maximum Gasteiger partial charge on any atom is 0.162 e. The first-order chi connectivity index (χ1) is 11.0. The second kappa shape index (κ2) is 6.17. The summed E-state index contributed by atoms with van der Waals surface area (Å²) in [5, 5.41) is 0.742. The molecule has 0 spiro atoms. The van der Waals surface area contributed by atoms with E-state index in [9.17, 15) is 0 Å². The molecule has 0 atom stereocenters. The highest BCUT2D eigenvalue weighted by Crippen LogP contribution is 2.33. The Hall–Kier alpha value is -2.12. The van der Waals surface area contributed by atoms with Gasteiger partial charge in [0, 0.05) is 11.5 Å². The van der Waals surface area contributed by atoms with Crippen molar-refractivity contribution < 1.29 is 18.9 Å². The van der Waals surface area contributed by atoms with Crippen LogP contribution in [0.5, 0.6) is 11.5 Å². The van der Waals surface area contributed by atoms with E-state index in [1.165, 1.54) is 0 Å². The molecule has 0 unspecified atom stereocenters. The van der Waals surface area contributed by atoms with Crippen LogP contribution < -0.4 is 15.2 Å². The lowest BCUT2D eigenvalue weighted by Gasteiger charge is -2.37. The van der Waals surface area contributed by atoms with Crippen LogP contribution in [0.3, 0.4) is 0 Å². The number of methoxy groups -OCH3 is 1. The summed E-state index contributed by atoms with van der Waals surface area (Å²) in [6, 6.07) is 3.61. The third-order valence-corrected chi connectivity index (χ3v) is 3.73. The van der Waals surface area contributed by atoms with Crippen LogP contribution in [0.1, 0.15) is 12.7 Å². The van der Waals surface area contributed by atoms with Gasteiger partial charge in [-0.25, -0.2) is 9.97 Å². The molecule has 7 nitrogen and oxygen atoms in total. The molecular weight excluding hydrogens is 298 g/mol. The molecule has 23 heavy (non-hydrogen) atoms. The first-order valence-corrected chi connectivity index (χ1v) is 7.47. The van der Waals surface area contributed by atoms with Crippen molar-refractivity contribution in [1.29, 1.82) is 0 Å². The lowest BCUT2D eigenvalue weighted by molar-refractivity contribution is -0.201. The van der Waals surface area contributed by atoms with E-state index in [0.29, 0.717) is 49.6 Å². The molecule has 0 saturated carbocycles. The Morgan fingerprint density at radius 1 is 1.22 bits per heavy atom. The van der Waals surface area contributed by atoms with Gasteiger partial charge < -0.3 is 24.7 Å². The number of nitrogens with two attached hydrogens (primary N) is 1. The maximum atomic E-state index is 5.97. The number of hydrogen-bond donors (Lipinski definition) is 1. The predicted octanol–water partition coefficient (Wildman–Crippen LogP) is 1.71. The number of rotatable bonds is 6. The summed E-state index contributed by atoms with van der Waals surface area (Å²) >= 11 is 0. The van der Waals surface area contributed by atoms with E-state index in [2.05, 4.69) is 9.97 Å². The molecule has 1 aliphatic heterocycles. The number of fused-ring (bicyclic) bond motifs is 1. The van der Waals surface area contributed by atoms with E-state index < -0.39 is 0 Å². The molecule has 0 radical (unpaired) electrons. The summed E-state index contributed by atoms with van der Waals surface area (Å²) in [5.74, 6) is 2.25. The van der Waals surface area contributed by atoms with Crippen LogP contribution in [0.4, 0.5) is 5.82 Å². The smallest absolute Gasteiger partial charge is 0.162 e. The number of anilines is 1. The molecule has 124 valence electrons. The van der Waals surface area contributed by atoms with Gasteiger partial charge >= 0.3 is 0 Å². The fourth-order valence-electron chi connectivity index (χ4n) is 2.47. The molecule has 1 aromatic heterocycles. The van der Waals surface area contributed by atoms with Crippen molar-refractivity contribution in [2.75, 3.05) is 39.3 Å². The zero-order valence-electron chi connectivity index (χ0n) is 13.6. The summed E-state index contributed by atoms with van der Waals surface area (Å²) in [4.78, 5) is 8.55. The second-order valence-corrected chi connectivity index (χ2v) is 5.82. The van der Waals surface area contributed by atoms with Crippen molar-refractivity contribution in [1.82, 2.24) is 9.97 Å². The Labute approximate surface area is 134 Å². The first-order valence-electron chi connectivity index (χ1n) is 7.47. The minimum absolute atomic E-state index is 0.188. The van der Waals surface area contributed by atoms with Gasteiger partial charge in [0.2, 0.25) is 0 Å². The second-order valence-electron chi connectivity index (χ2n) is 5.82. The van der Waals surface area contributed by atoms with Crippen molar-refractivity contribution in [2.45, 2.75) is 19.4 Å². The van der Waals surface area contributed by atoms with E-state index in [4.69, 9.17) is 24.7 Å². The summed E-state index contributed by atoms with van der Waals surface area (Å²) in [6.07, 6.45) is 0. The highest BCUT2D eigenvalue weighted by molar-refractivity contribution is 5.90. The molecule has 0 aliphatic carbocycles. The predicted molar refractivity (Wildman–Crippen MR) is 85.9 cm³/mol. The Kier molecular flexibility index (Phi) is 4.23. The fraction of sp³-hybridized carbons (Fsp3) is 0.500. The molecule has 1 aliphatic rings. The Bertz CT molecular complexity index is 716. The topological polar surface area (TPSA) is 88.7 Å². The lowest BCUT2D eigenvalue weighted by atomic mass is 10.1. The molecule has 3 rings (SSSR count). The molecule has 2 N–H and O–H groups in total. The number of aromatic nitrogens is 2. The van der Waals surface area contributed by atoms with Gasteiger partial charge in [-0.1, -0.05) is 0 Å². The van der Waals surface area contributed by atoms with Gasteiger partial charge in [0.1, 0.15) is 23.9 Å². The Morgan fingerprint density at radius 3 is 2.65 bits per heavy atom. The van der Waals surface area contributed by atoms with Crippen molar-refractivity contribution in [2.24, 2.45) is 0 Å².